The van der Waals surface area contributed by atoms with Crippen molar-refractivity contribution < 1.29 is 9.13 Å². The van der Waals surface area contributed by atoms with Crippen LogP contribution in [-0.4, -0.2) is 12.6 Å². The smallest absolute Gasteiger partial charge is 0.125 e. The van der Waals surface area contributed by atoms with E-state index < -0.39 is 0 Å². The number of rotatable bonds is 3. The van der Waals surface area contributed by atoms with Gasteiger partial charge in [-0.25, -0.2) is 4.39 Å². The van der Waals surface area contributed by atoms with Gasteiger partial charge in [-0.05, 0) is 52.9 Å². The van der Waals surface area contributed by atoms with Crippen LogP contribution in [0.25, 0.3) is 0 Å². The first-order valence-corrected chi connectivity index (χ1v) is 5.49. The second kappa shape index (κ2) is 4.83. The SMILES string of the molecule is CNC(C)c1cc(F)ccc1OC(C)(C)C. The molecule has 0 amide bonds. The van der Waals surface area contributed by atoms with Crippen molar-refractivity contribution in [2.45, 2.75) is 39.3 Å². The predicted molar refractivity (Wildman–Crippen MR) is 64.3 cm³/mol. The summed E-state index contributed by atoms with van der Waals surface area (Å²) in [4.78, 5) is 0. The highest BCUT2D eigenvalue weighted by molar-refractivity contribution is 5.36. The van der Waals surface area contributed by atoms with E-state index in [2.05, 4.69) is 5.32 Å². The van der Waals surface area contributed by atoms with Crippen LogP contribution in [0.1, 0.15) is 39.3 Å². The van der Waals surface area contributed by atoms with Gasteiger partial charge in [0.1, 0.15) is 17.2 Å². The van der Waals surface area contributed by atoms with Gasteiger partial charge in [-0.1, -0.05) is 0 Å². The summed E-state index contributed by atoms with van der Waals surface area (Å²) in [6, 6.07) is 4.69. The third-order valence-corrected chi connectivity index (χ3v) is 2.29. The monoisotopic (exact) mass is 225 g/mol. The van der Waals surface area contributed by atoms with Crippen LogP contribution in [0.4, 0.5) is 4.39 Å². The predicted octanol–water partition coefficient (Wildman–Crippen LogP) is 3.28. The minimum absolute atomic E-state index is 0.0630. The lowest BCUT2D eigenvalue weighted by molar-refractivity contribution is 0.128. The average Bonchev–Trinajstić information content (AvgIpc) is 2.17. The molecule has 0 aliphatic carbocycles. The lowest BCUT2D eigenvalue weighted by Crippen LogP contribution is -2.25. The molecule has 1 unspecified atom stereocenters. The minimum Gasteiger partial charge on any atom is -0.488 e. The van der Waals surface area contributed by atoms with Gasteiger partial charge in [0.25, 0.3) is 0 Å². The maximum absolute atomic E-state index is 13.2. The quantitative estimate of drug-likeness (QED) is 0.852. The first kappa shape index (κ1) is 13.0. The molecule has 0 spiro atoms. The van der Waals surface area contributed by atoms with Crippen molar-refractivity contribution >= 4 is 0 Å². The van der Waals surface area contributed by atoms with E-state index in [-0.39, 0.29) is 17.5 Å². The van der Waals surface area contributed by atoms with Crippen LogP contribution in [0.2, 0.25) is 0 Å². The number of ether oxygens (including phenoxy) is 1. The second-order valence-corrected chi connectivity index (χ2v) is 4.91. The molecule has 1 N–H and O–H groups in total. The molecule has 0 fully saturated rings. The fourth-order valence-corrected chi connectivity index (χ4v) is 1.44. The standard InChI is InChI=1S/C13H20FNO/c1-9(15-5)11-8-10(14)6-7-12(11)16-13(2,3)4/h6-9,15H,1-5H3. The highest BCUT2D eigenvalue weighted by Gasteiger charge is 2.17. The molecule has 1 rings (SSSR count). The number of benzene rings is 1. The van der Waals surface area contributed by atoms with Crippen LogP contribution in [-0.2, 0) is 0 Å². The van der Waals surface area contributed by atoms with Gasteiger partial charge in [-0.2, -0.15) is 0 Å². The highest BCUT2D eigenvalue weighted by atomic mass is 19.1. The Morgan fingerprint density at radius 1 is 1.31 bits per heavy atom. The summed E-state index contributed by atoms with van der Waals surface area (Å²) in [6.45, 7) is 7.91. The number of hydrogen-bond acceptors (Lipinski definition) is 2. The van der Waals surface area contributed by atoms with E-state index in [1.54, 1.807) is 6.07 Å². The Balaban J connectivity index is 3.07. The summed E-state index contributed by atoms with van der Waals surface area (Å²) in [6.07, 6.45) is 0. The molecule has 0 radical (unpaired) electrons. The first-order valence-electron chi connectivity index (χ1n) is 5.49. The van der Waals surface area contributed by atoms with E-state index in [1.807, 2.05) is 34.7 Å². The lowest BCUT2D eigenvalue weighted by atomic mass is 10.1. The molecule has 2 nitrogen and oxygen atoms in total. The normalized spacial score (nSPS) is 13.6. The van der Waals surface area contributed by atoms with Gasteiger partial charge in [0.05, 0.1) is 0 Å². The average molecular weight is 225 g/mol. The van der Waals surface area contributed by atoms with E-state index in [4.69, 9.17) is 4.74 Å². The van der Waals surface area contributed by atoms with E-state index in [1.165, 1.54) is 12.1 Å². The molecule has 0 saturated heterocycles. The summed E-state index contributed by atoms with van der Waals surface area (Å²) in [7, 11) is 1.84. The van der Waals surface area contributed by atoms with E-state index in [0.717, 1.165) is 11.3 Å². The summed E-state index contributed by atoms with van der Waals surface area (Å²) >= 11 is 0. The van der Waals surface area contributed by atoms with Crippen LogP contribution in [0.15, 0.2) is 18.2 Å². The van der Waals surface area contributed by atoms with Gasteiger partial charge in [-0.15, -0.1) is 0 Å². The maximum atomic E-state index is 13.2. The van der Waals surface area contributed by atoms with Crippen molar-refractivity contribution in [3.63, 3.8) is 0 Å². The molecular formula is C13H20FNO. The van der Waals surface area contributed by atoms with Crippen molar-refractivity contribution in [3.8, 4) is 5.75 Å². The van der Waals surface area contributed by atoms with Crippen molar-refractivity contribution in [1.82, 2.24) is 5.32 Å². The molecular weight excluding hydrogens is 205 g/mol. The molecule has 0 aliphatic rings. The molecule has 3 heteroatoms. The molecule has 0 aromatic heterocycles. The van der Waals surface area contributed by atoms with Gasteiger partial charge in [0, 0.05) is 11.6 Å². The van der Waals surface area contributed by atoms with Gasteiger partial charge in [-0.3, -0.25) is 0 Å². The summed E-state index contributed by atoms with van der Waals surface area (Å²) < 4.78 is 19.0. The molecule has 16 heavy (non-hydrogen) atoms. The Bertz CT molecular complexity index is 357. The molecule has 0 heterocycles. The van der Waals surface area contributed by atoms with Crippen molar-refractivity contribution in [2.24, 2.45) is 0 Å². The topological polar surface area (TPSA) is 21.3 Å². The van der Waals surface area contributed by atoms with Gasteiger partial charge in [0.2, 0.25) is 0 Å². The summed E-state index contributed by atoms with van der Waals surface area (Å²) in [5.74, 6) is 0.495. The zero-order valence-electron chi connectivity index (χ0n) is 10.6. The molecule has 0 saturated carbocycles. The number of hydrogen-bond donors (Lipinski definition) is 1. The van der Waals surface area contributed by atoms with Crippen molar-refractivity contribution in [3.05, 3.63) is 29.6 Å². The van der Waals surface area contributed by atoms with E-state index in [0.29, 0.717) is 0 Å². The molecule has 0 bridgehead atoms. The second-order valence-electron chi connectivity index (χ2n) is 4.91. The third-order valence-electron chi connectivity index (χ3n) is 2.29. The summed E-state index contributed by atoms with van der Waals surface area (Å²) in [5, 5.41) is 3.09. The first-order chi connectivity index (χ1) is 7.33. The Kier molecular flexibility index (Phi) is 3.92. The maximum Gasteiger partial charge on any atom is 0.125 e. The van der Waals surface area contributed by atoms with Gasteiger partial charge in [0.15, 0.2) is 0 Å². The Morgan fingerprint density at radius 2 is 1.94 bits per heavy atom. The van der Waals surface area contributed by atoms with Gasteiger partial charge < -0.3 is 10.1 Å². The molecule has 1 aromatic rings. The Morgan fingerprint density at radius 3 is 2.44 bits per heavy atom. The van der Waals surface area contributed by atoms with Crippen LogP contribution < -0.4 is 10.1 Å². The zero-order chi connectivity index (χ0) is 12.3. The zero-order valence-corrected chi connectivity index (χ0v) is 10.6. The largest absolute Gasteiger partial charge is 0.488 e. The lowest BCUT2D eigenvalue weighted by Gasteiger charge is -2.25. The van der Waals surface area contributed by atoms with Gasteiger partial charge >= 0.3 is 0 Å². The van der Waals surface area contributed by atoms with Crippen LogP contribution in [0.5, 0.6) is 5.75 Å². The molecule has 90 valence electrons. The number of halogens is 1. The number of nitrogens with one attached hydrogen (secondary N) is 1. The molecule has 1 aromatic carbocycles. The third kappa shape index (κ3) is 3.49. The Labute approximate surface area is 96.8 Å². The fraction of sp³-hybridized carbons (Fsp3) is 0.538. The Hall–Kier alpha value is -1.09. The van der Waals surface area contributed by atoms with Crippen LogP contribution in [0.3, 0.4) is 0 Å². The van der Waals surface area contributed by atoms with Crippen molar-refractivity contribution in [2.75, 3.05) is 7.05 Å². The fourth-order valence-electron chi connectivity index (χ4n) is 1.44. The molecule has 1 atom stereocenters. The minimum atomic E-state index is -0.278. The van der Waals surface area contributed by atoms with E-state index >= 15 is 0 Å². The van der Waals surface area contributed by atoms with Crippen LogP contribution in [0, 0.1) is 5.82 Å². The van der Waals surface area contributed by atoms with E-state index in [9.17, 15) is 4.39 Å². The summed E-state index contributed by atoms with van der Waals surface area (Å²) in [5.41, 5.74) is 0.567. The highest BCUT2D eigenvalue weighted by Crippen LogP contribution is 2.28. The molecule has 0 aliphatic heterocycles. The van der Waals surface area contributed by atoms with Crippen LogP contribution >= 0.6 is 0 Å². The van der Waals surface area contributed by atoms with Crippen molar-refractivity contribution in [1.29, 1.82) is 0 Å².